The summed E-state index contributed by atoms with van der Waals surface area (Å²) in [5.74, 6) is -0.378. The smallest absolute Gasteiger partial charge is 0.338 e. The number of benzene rings is 1. The van der Waals surface area contributed by atoms with Crippen molar-refractivity contribution in [2.45, 2.75) is 20.8 Å². The summed E-state index contributed by atoms with van der Waals surface area (Å²) in [5, 5.41) is 0.0972. The largest absolute Gasteiger partial charge is 0.488 e. The van der Waals surface area contributed by atoms with E-state index in [0.29, 0.717) is 13.2 Å². The fourth-order valence-electron chi connectivity index (χ4n) is 1.42. The Balaban J connectivity index is 3.51. The monoisotopic (exact) mass is 352 g/mol. The van der Waals surface area contributed by atoms with E-state index in [1.54, 1.807) is 13.8 Å². The van der Waals surface area contributed by atoms with E-state index in [2.05, 4.69) is 6.58 Å². The highest BCUT2D eigenvalue weighted by Gasteiger charge is 2.27. The molecule has 0 unspecified atom stereocenters. The van der Waals surface area contributed by atoms with Crippen molar-refractivity contribution in [2.24, 2.45) is 0 Å². The third-order valence-corrected chi connectivity index (χ3v) is 3.61. The normalized spacial score (nSPS) is 10.2. The van der Waals surface area contributed by atoms with Crippen LogP contribution in [-0.4, -0.2) is 19.2 Å². The zero-order chi connectivity index (χ0) is 16.2. The SMILES string of the molecule is C=C(C)C(=O)Oc1c(Cl)c(Cl)c(Cl)c(OCC)c1OCC. The molecule has 0 bridgehead atoms. The van der Waals surface area contributed by atoms with Crippen LogP contribution in [0.4, 0.5) is 0 Å². The zero-order valence-electron chi connectivity index (χ0n) is 11.9. The van der Waals surface area contributed by atoms with Gasteiger partial charge in [0, 0.05) is 5.57 Å². The molecule has 0 N–H and O–H groups in total. The van der Waals surface area contributed by atoms with Crippen LogP contribution >= 0.6 is 34.8 Å². The molecule has 1 aromatic carbocycles. The Kier molecular flexibility index (Phi) is 6.65. The Bertz CT molecular complexity index is 570. The molecule has 0 aromatic heterocycles. The highest BCUT2D eigenvalue weighted by atomic mass is 35.5. The van der Waals surface area contributed by atoms with E-state index < -0.39 is 5.97 Å². The van der Waals surface area contributed by atoms with Crippen LogP contribution in [0.1, 0.15) is 20.8 Å². The molecule has 0 radical (unpaired) electrons. The van der Waals surface area contributed by atoms with Gasteiger partial charge in [-0.15, -0.1) is 0 Å². The second-order valence-electron chi connectivity index (χ2n) is 3.97. The van der Waals surface area contributed by atoms with E-state index in [0.717, 1.165) is 0 Å². The average molecular weight is 354 g/mol. The molecule has 0 aliphatic rings. The summed E-state index contributed by atoms with van der Waals surface area (Å²) in [6, 6.07) is 0. The predicted molar refractivity (Wildman–Crippen MR) is 84.3 cm³/mol. The third kappa shape index (κ3) is 3.96. The summed E-state index contributed by atoms with van der Waals surface area (Å²) < 4.78 is 16.1. The van der Waals surface area contributed by atoms with Gasteiger partial charge >= 0.3 is 5.97 Å². The number of carbonyl (C=O) groups is 1. The van der Waals surface area contributed by atoms with Crippen LogP contribution in [0.25, 0.3) is 0 Å². The number of carbonyl (C=O) groups excluding carboxylic acids is 1. The first-order valence-corrected chi connectivity index (χ1v) is 7.32. The van der Waals surface area contributed by atoms with Crippen molar-refractivity contribution in [1.82, 2.24) is 0 Å². The fraction of sp³-hybridized carbons (Fsp3) is 0.357. The quantitative estimate of drug-likeness (QED) is 0.315. The lowest BCUT2D eigenvalue weighted by Crippen LogP contribution is -2.11. The molecule has 0 aliphatic heterocycles. The minimum atomic E-state index is -0.654. The van der Waals surface area contributed by atoms with Gasteiger partial charge in [0.25, 0.3) is 0 Å². The van der Waals surface area contributed by atoms with Gasteiger partial charge < -0.3 is 14.2 Å². The number of hydrogen-bond acceptors (Lipinski definition) is 4. The second-order valence-corrected chi connectivity index (χ2v) is 5.10. The maximum Gasteiger partial charge on any atom is 0.338 e. The van der Waals surface area contributed by atoms with Gasteiger partial charge in [-0.05, 0) is 20.8 Å². The van der Waals surface area contributed by atoms with E-state index in [-0.39, 0.29) is 37.9 Å². The summed E-state index contributed by atoms with van der Waals surface area (Å²) in [4.78, 5) is 11.7. The number of ether oxygens (including phenoxy) is 3. The van der Waals surface area contributed by atoms with Crippen molar-refractivity contribution in [3.05, 3.63) is 27.2 Å². The highest BCUT2D eigenvalue weighted by molar-refractivity contribution is 6.49. The second kappa shape index (κ2) is 7.78. The molecule has 0 fully saturated rings. The van der Waals surface area contributed by atoms with Crippen molar-refractivity contribution >= 4 is 40.8 Å². The first-order valence-electron chi connectivity index (χ1n) is 6.18. The molecule has 0 spiro atoms. The maximum atomic E-state index is 11.7. The molecule has 0 heterocycles. The van der Waals surface area contributed by atoms with Gasteiger partial charge in [0.2, 0.25) is 5.75 Å². The zero-order valence-corrected chi connectivity index (χ0v) is 14.2. The number of rotatable bonds is 6. The molecule has 0 atom stereocenters. The summed E-state index contributed by atoms with van der Waals surface area (Å²) >= 11 is 18.3. The number of halogens is 3. The number of esters is 1. The van der Waals surface area contributed by atoms with Crippen molar-refractivity contribution in [3.8, 4) is 17.2 Å². The molecule has 0 saturated carbocycles. The Labute approximate surface area is 138 Å². The minimum Gasteiger partial charge on any atom is -0.488 e. The lowest BCUT2D eigenvalue weighted by atomic mass is 10.2. The van der Waals surface area contributed by atoms with E-state index in [9.17, 15) is 4.79 Å². The molecule has 7 heteroatoms. The Morgan fingerprint density at radius 1 is 0.952 bits per heavy atom. The van der Waals surface area contributed by atoms with Crippen LogP contribution in [0.2, 0.25) is 15.1 Å². The molecule has 0 amide bonds. The molecule has 1 aromatic rings. The third-order valence-electron chi connectivity index (χ3n) is 2.32. The van der Waals surface area contributed by atoms with Gasteiger partial charge in [-0.1, -0.05) is 41.4 Å². The summed E-state index contributed by atoms with van der Waals surface area (Å²) in [6.45, 7) is 9.17. The van der Waals surface area contributed by atoms with Gasteiger partial charge in [-0.3, -0.25) is 0 Å². The Morgan fingerprint density at radius 2 is 1.43 bits per heavy atom. The number of hydrogen-bond donors (Lipinski definition) is 0. The van der Waals surface area contributed by atoms with E-state index >= 15 is 0 Å². The Hall–Kier alpha value is -1.10. The fourth-order valence-corrected chi connectivity index (χ4v) is 2.09. The molecular formula is C14H15Cl3O4. The molecule has 4 nitrogen and oxygen atoms in total. The molecule has 21 heavy (non-hydrogen) atoms. The molecule has 0 saturated heterocycles. The summed E-state index contributed by atoms with van der Waals surface area (Å²) in [6.07, 6.45) is 0. The average Bonchev–Trinajstić information content (AvgIpc) is 2.44. The van der Waals surface area contributed by atoms with Crippen molar-refractivity contribution in [3.63, 3.8) is 0 Å². The van der Waals surface area contributed by atoms with Crippen LogP contribution < -0.4 is 14.2 Å². The molecule has 1 rings (SSSR count). The first-order chi connectivity index (χ1) is 9.84. The van der Waals surface area contributed by atoms with Crippen molar-refractivity contribution in [1.29, 1.82) is 0 Å². The van der Waals surface area contributed by atoms with Crippen molar-refractivity contribution < 1.29 is 19.0 Å². The molecule has 116 valence electrons. The van der Waals surface area contributed by atoms with Crippen LogP contribution in [0.5, 0.6) is 17.2 Å². The first kappa shape index (κ1) is 18.0. The highest BCUT2D eigenvalue weighted by Crippen LogP contribution is 2.52. The predicted octanol–water partition coefficient (Wildman–Crippen LogP) is 4.93. The maximum absolute atomic E-state index is 11.7. The van der Waals surface area contributed by atoms with Gasteiger partial charge in [0.05, 0.1) is 18.2 Å². The van der Waals surface area contributed by atoms with Crippen LogP contribution in [0.3, 0.4) is 0 Å². The lowest BCUT2D eigenvalue weighted by Gasteiger charge is -2.18. The Morgan fingerprint density at radius 3 is 1.90 bits per heavy atom. The topological polar surface area (TPSA) is 44.8 Å². The van der Waals surface area contributed by atoms with E-state index in [1.165, 1.54) is 6.92 Å². The van der Waals surface area contributed by atoms with Gasteiger partial charge in [-0.25, -0.2) is 4.79 Å². The summed E-state index contributed by atoms with van der Waals surface area (Å²) in [5.41, 5.74) is 0.206. The minimum absolute atomic E-state index is 0.0229. The standard InChI is InChI=1S/C14H15Cl3O4/c1-5-19-11-9(16)8(15)10(17)12(13(11)20-6-2)21-14(18)7(3)4/h3,5-6H2,1-2,4H3. The molecule has 0 aliphatic carbocycles. The van der Waals surface area contributed by atoms with E-state index in [1.807, 2.05) is 0 Å². The lowest BCUT2D eigenvalue weighted by molar-refractivity contribution is -0.130. The van der Waals surface area contributed by atoms with Crippen molar-refractivity contribution in [2.75, 3.05) is 13.2 Å². The van der Waals surface area contributed by atoms with E-state index in [4.69, 9.17) is 49.0 Å². The van der Waals surface area contributed by atoms with Gasteiger partial charge in [0.1, 0.15) is 10.0 Å². The van der Waals surface area contributed by atoms with Crippen LogP contribution in [-0.2, 0) is 4.79 Å². The van der Waals surface area contributed by atoms with Gasteiger partial charge in [-0.2, -0.15) is 0 Å². The summed E-state index contributed by atoms with van der Waals surface area (Å²) in [7, 11) is 0. The van der Waals surface area contributed by atoms with Gasteiger partial charge in [0.15, 0.2) is 11.5 Å². The molecular weight excluding hydrogens is 339 g/mol. The van der Waals surface area contributed by atoms with Crippen LogP contribution in [0.15, 0.2) is 12.2 Å². The van der Waals surface area contributed by atoms with Crippen LogP contribution in [0, 0.1) is 0 Å².